The van der Waals surface area contributed by atoms with Crippen molar-refractivity contribution in [3.05, 3.63) is 0 Å². The van der Waals surface area contributed by atoms with E-state index in [0.29, 0.717) is 32.4 Å². The SMILES string of the molecule is CCS(=O)(=O)N1CCC(OC(=O)N[C@@H](CC(C)C)C(=O)OC)CC1. The molecule has 1 aliphatic heterocycles. The van der Waals surface area contributed by atoms with Gasteiger partial charge in [-0.15, -0.1) is 0 Å². The monoisotopic (exact) mass is 364 g/mol. The molecule has 0 radical (unpaired) electrons. The molecule has 9 heteroatoms. The number of sulfonamides is 1. The Bertz CT molecular complexity index is 526. The first-order valence-electron chi connectivity index (χ1n) is 8.22. The summed E-state index contributed by atoms with van der Waals surface area (Å²) in [7, 11) is -1.93. The quantitative estimate of drug-likeness (QED) is 0.679. The van der Waals surface area contributed by atoms with Gasteiger partial charge in [-0.05, 0) is 32.1 Å². The first-order valence-corrected chi connectivity index (χ1v) is 9.83. The van der Waals surface area contributed by atoms with Crippen LogP contribution < -0.4 is 5.32 Å². The maximum absolute atomic E-state index is 12.0. The smallest absolute Gasteiger partial charge is 0.408 e. The van der Waals surface area contributed by atoms with Crippen LogP contribution in [0.25, 0.3) is 0 Å². The first-order chi connectivity index (χ1) is 11.2. The Balaban J connectivity index is 2.49. The van der Waals surface area contributed by atoms with Crippen LogP contribution in [0.2, 0.25) is 0 Å². The molecule has 8 nitrogen and oxygen atoms in total. The zero-order chi connectivity index (χ0) is 18.3. The highest BCUT2D eigenvalue weighted by molar-refractivity contribution is 7.89. The molecule has 1 heterocycles. The molecule has 0 aromatic rings. The number of ether oxygens (including phenoxy) is 2. The van der Waals surface area contributed by atoms with Crippen molar-refractivity contribution in [3.8, 4) is 0 Å². The minimum atomic E-state index is -3.20. The molecule has 0 aliphatic carbocycles. The van der Waals surface area contributed by atoms with Crippen molar-refractivity contribution >= 4 is 22.1 Å². The van der Waals surface area contributed by atoms with Crippen molar-refractivity contribution in [1.82, 2.24) is 9.62 Å². The van der Waals surface area contributed by atoms with Gasteiger partial charge in [-0.25, -0.2) is 22.3 Å². The number of piperidine rings is 1. The maximum atomic E-state index is 12.0. The highest BCUT2D eigenvalue weighted by atomic mass is 32.2. The summed E-state index contributed by atoms with van der Waals surface area (Å²) in [4.78, 5) is 23.7. The molecule has 0 spiro atoms. The Morgan fingerprint density at radius 2 is 1.83 bits per heavy atom. The van der Waals surface area contributed by atoms with Crippen LogP contribution in [-0.2, 0) is 24.3 Å². The van der Waals surface area contributed by atoms with Crippen LogP contribution in [0, 0.1) is 5.92 Å². The van der Waals surface area contributed by atoms with E-state index in [1.807, 2.05) is 13.8 Å². The molecule has 1 aliphatic rings. The Morgan fingerprint density at radius 1 is 1.25 bits per heavy atom. The number of methoxy groups -OCH3 is 1. The van der Waals surface area contributed by atoms with Gasteiger partial charge >= 0.3 is 12.1 Å². The molecule has 0 aromatic carbocycles. The molecule has 1 saturated heterocycles. The third-order valence-electron chi connectivity index (χ3n) is 3.92. The van der Waals surface area contributed by atoms with E-state index >= 15 is 0 Å². The van der Waals surface area contributed by atoms with Gasteiger partial charge < -0.3 is 14.8 Å². The number of carbonyl (C=O) groups excluding carboxylic acids is 2. The van der Waals surface area contributed by atoms with Crippen LogP contribution >= 0.6 is 0 Å². The van der Waals surface area contributed by atoms with Gasteiger partial charge in [0.2, 0.25) is 10.0 Å². The zero-order valence-electron chi connectivity index (χ0n) is 14.8. The lowest BCUT2D eigenvalue weighted by molar-refractivity contribution is -0.143. The van der Waals surface area contributed by atoms with Crippen molar-refractivity contribution in [2.75, 3.05) is 26.0 Å². The van der Waals surface area contributed by atoms with Crippen LogP contribution in [0.1, 0.15) is 40.0 Å². The lowest BCUT2D eigenvalue weighted by atomic mass is 10.0. The van der Waals surface area contributed by atoms with Crippen molar-refractivity contribution in [1.29, 1.82) is 0 Å². The number of amides is 1. The number of alkyl carbamates (subject to hydrolysis) is 1. The fourth-order valence-corrected chi connectivity index (χ4v) is 3.70. The van der Waals surface area contributed by atoms with Gasteiger partial charge in [0.15, 0.2) is 0 Å². The molecule has 0 unspecified atom stereocenters. The zero-order valence-corrected chi connectivity index (χ0v) is 15.6. The highest BCUT2D eigenvalue weighted by Gasteiger charge is 2.30. The van der Waals surface area contributed by atoms with Crippen molar-refractivity contribution < 1.29 is 27.5 Å². The Hall–Kier alpha value is -1.35. The van der Waals surface area contributed by atoms with E-state index in [0.717, 1.165) is 0 Å². The molecule has 0 bridgehead atoms. The molecule has 140 valence electrons. The second-order valence-electron chi connectivity index (χ2n) is 6.25. The van der Waals surface area contributed by atoms with Gasteiger partial charge in [0.05, 0.1) is 12.9 Å². The van der Waals surface area contributed by atoms with Gasteiger partial charge in [0.1, 0.15) is 12.1 Å². The summed E-state index contributed by atoms with van der Waals surface area (Å²) >= 11 is 0. The van der Waals surface area contributed by atoms with E-state index in [1.54, 1.807) is 6.92 Å². The number of esters is 1. The normalized spacial score (nSPS) is 18.2. The highest BCUT2D eigenvalue weighted by Crippen LogP contribution is 2.17. The summed E-state index contributed by atoms with van der Waals surface area (Å²) < 4.78 is 35.0. The van der Waals surface area contributed by atoms with Gasteiger partial charge in [0.25, 0.3) is 0 Å². The summed E-state index contributed by atoms with van der Waals surface area (Å²) in [6, 6.07) is -0.747. The van der Waals surface area contributed by atoms with Crippen LogP contribution in [-0.4, -0.2) is 62.9 Å². The Labute approximate surface area is 143 Å². The van der Waals surface area contributed by atoms with E-state index in [-0.39, 0.29) is 17.8 Å². The summed E-state index contributed by atoms with van der Waals surface area (Å²) in [5.41, 5.74) is 0. The third-order valence-corrected chi connectivity index (χ3v) is 5.80. The topological polar surface area (TPSA) is 102 Å². The molecule has 0 saturated carbocycles. The number of carbonyl (C=O) groups is 2. The molecule has 1 atom stereocenters. The largest absolute Gasteiger partial charge is 0.467 e. The fourth-order valence-electron chi connectivity index (χ4n) is 2.57. The van der Waals surface area contributed by atoms with E-state index in [1.165, 1.54) is 11.4 Å². The van der Waals surface area contributed by atoms with Gasteiger partial charge in [-0.2, -0.15) is 0 Å². The van der Waals surface area contributed by atoms with Crippen LogP contribution in [0.3, 0.4) is 0 Å². The van der Waals surface area contributed by atoms with Gasteiger partial charge in [-0.3, -0.25) is 0 Å². The molecule has 1 fully saturated rings. The predicted octanol–water partition coefficient (Wildman–Crippen LogP) is 1.11. The van der Waals surface area contributed by atoms with E-state index in [9.17, 15) is 18.0 Å². The average Bonchev–Trinajstić information content (AvgIpc) is 2.53. The summed E-state index contributed by atoms with van der Waals surface area (Å²) in [6.45, 7) is 6.15. The van der Waals surface area contributed by atoms with Gasteiger partial charge in [-0.1, -0.05) is 13.8 Å². The van der Waals surface area contributed by atoms with Crippen molar-refractivity contribution in [3.63, 3.8) is 0 Å². The fraction of sp³-hybridized carbons (Fsp3) is 0.867. The van der Waals surface area contributed by atoms with Crippen molar-refractivity contribution in [2.45, 2.75) is 52.2 Å². The Morgan fingerprint density at radius 3 is 2.29 bits per heavy atom. The lowest BCUT2D eigenvalue weighted by Gasteiger charge is -2.31. The summed E-state index contributed by atoms with van der Waals surface area (Å²) in [6.07, 6.45) is 0.308. The standard InChI is InChI=1S/C15H28N2O6S/c1-5-24(20,21)17-8-6-12(7-9-17)23-15(19)16-13(10-11(2)3)14(18)22-4/h11-13H,5-10H2,1-4H3,(H,16,19)/t13-/m0/s1. The van der Waals surface area contributed by atoms with Crippen LogP contribution in [0.15, 0.2) is 0 Å². The molecule has 24 heavy (non-hydrogen) atoms. The Kier molecular flexibility index (Phi) is 7.95. The average molecular weight is 364 g/mol. The molecule has 0 aromatic heterocycles. The van der Waals surface area contributed by atoms with Crippen LogP contribution in [0.5, 0.6) is 0 Å². The minimum absolute atomic E-state index is 0.0645. The number of nitrogens with zero attached hydrogens (tertiary/aromatic N) is 1. The second-order valence-corrected chi connectivity index (χ2v) is 8.51. The van der Waals surface area contributed by atoms with E-state index < -0.39 is 28.1 Å². The number of hydrogen-bond donors (Lipinski definition) is 1. The maximum Gasteiger partial charge on any atom is 0.408 e. The minimum Gasteiger partial charge on any atom is -0.467 e. The lowest BCUT2D eigenvalue weighted by Crippen LogP contribution is -2.46. The number of hydrogen-bond acceptors (Lipinski definition) is 6. The molecular weight excluding hydrogens is 336 g/mol. The van der Waals surface area contributed by atoms with Crippen LogP contribution in [0.4, 0.5) is 4.79 Å². The molecular formula is C15H28N2O6S. The molecule has 1 rings (SSSR count). The van der Waals surface area contributed by atoms with Gasteiger partial charge in [0, 0.05) is 13.1 Å². The van der Waals surface area contributed by atoms with E-state index in [4.69, 9.17) is 4.74 Å². The summed E-state index contributed by atoms with van der Waals surface area (Å²) in [5, 5.41) is 2.53. The first kappa shape index (κ1) is 20.7. The number of rotatable bonds is 7. The summed E-state index contributed by atoms with van der Waals surface area (Å²) in [5.74, 6) is -0.240. The predicted molar refractivity (Wildman–Crippen MR) is 88.9 cm³/mol. The van der Waals surface area contributed by atoms with Crippen molar-refractivity contribution in [2.24, 2.45) is 5.92 Å². The third kappa shape index (κ3) is 6.27. The van der Waals surface area contributed by atoms with E-state index in [2.05, 4.69) is 10.1 Å². The second kappa shape index (κ2) is 9.22. The number of nitrogens with one attached hydrogen (secondary N) is 1. The molecule has 1 N–H and O–H groups in total. The molecule has 1 amide bonds.